The summed E-state index contributed by atoms with van der Waals surface area (Å²) in [6, 6.07) is 16.2. The van der Waals surface area contributed by atoms with E-state index in [9.17, 15) is 14.4 Å². The van der Waals surface area contributed by atoms with Crippen LogP contribution in [-0.4, -0.2) is 23.0 Å². The summed E-state index contributed by atoms with van der Waals surface area (Å²) in [5.74, 6) is -0.774. The second-order valence-corrected chi connectivity index (χ2v) is 9.97. The van der Waals surface area contributed by atoms with Gasteiger partial charge in [-0.25, -0.2) is 14.5 Å². The van der Waals surface area contributed by atoms with E-state index in [2.05, 4.69) is 50.5 Å². The lowest BCUT2D eigenvalue weighted by Crippen LogP contribution is -2.30. The molecule has 1 heterocycles. The van der Waals surface area contributed by atoms with Crippen molar-refractivity contribution < 1.29 is 24.2 Å². The molecule has 172 valence electrons. The number of ether oxygens (including phenoxy) is 1. The zero-order chi connectivity index (χ0) is 24.4. The number of nitrogens with one attached hydrogen (secondary N) is 1. The van der Waals surface area contributed by atoms with Crippen LogP contribution in [0.2, 0.25) is 5.02 Å². The summed E-state index contributed by atoms with van der Waals surface area (Å²) in [6.45, 7) is 0.273. The van der Waals surface area contributed by atoms with Crippen LogP contribution >= 0.6 is 56.8 Å². The number of urea groups is 1. The Bertz CT molecular complexity index is 1320. The fourth-order valence-electron chi connectivity index (χ4n) is 3.25. The molecule has 1 aliphatic heterocycles. The lowest BCUT2D eigenvalue weighted by atomic mass is 10.1. The first-order valence-corrected chi connectivity index (χ1v) is 12.3. The standard InChI is InChI=1S/C24H15ClI2N2O5/c25-16-2-1-3-17(11-16)29-22(30)20(28-24(29)33)10-14-8-18(26)21(19(27)9-14)34-12-13-4-6-15(7-5-13)23(31)32/h1-11H,12H2,(H,28,33)(H,31,32)/b20-10+. The van der Waals surface area contributed by atoms with Crippen molar-refractivity contribution in [2.24, 2.45) is 0 Å². The molecular weight excluding hydrogens is 686 g/mol. The minimum Gasteiger partial charge on any atom is -0.487 e. The maximum absolute atomic E-state index is 12.9. The Morgan fingerprint density at radius 3 is 2.35 bits per heavy atom. The first kappa shape index (κ1) is 24.5. The van der Waals surface area contributed by atoms with E-state index < -0.39 is 17.9 Å². The van der Waals surface area contributed by atoms with Crippen molar-refractivity contribution in [3.05, 3.63) is 95.2 Å². The van der Waals surface area contributed by atoms with E-state index in [1.807, 2.05) is 12.1 Å². The minimum atomic E-state index is -0.978. The van der Waals surface area contributed by atoms with Crippen LogP contribution in [0.15, 0.2) is 66.4 Å². The fourth-order valence-corrected chi connectivity index (χ4v) is 5.56. The van der Waals surface area contributed by atoms with E-state index in [0.717, 1.165) is 23.2 Å². The van der Waals surface area contributed by atoms with Gasteiger partial charge in [0.1, 0.15) is 18.1 Å². The van der Waals surface area contributed by atoms with Gasteiger partial charge in [0.05, 0.1) is 18.4 Å². The van der Waals surface area contributed by atoms with Crippen LogP contribution in [0.25, 0.3) is 6.08 Å². The Labute approximate surface area is 227 Å². The van der Waals surface area contributed by atoms with Crippen molar-refractivity contribution in [1.29, 1.82) is 0 Å². The van der Waals surface area contributed by atoms with Crippen LogP contribution in [-0.2, 0) is 11.4 Å². The van der Waals surface area contributed by atoms with Crippen molar-refractivity contribution in [2.45, 2.75) is 6.61 Å². The summed E-state index contributed by atoms with van der Waals surface area (Å²) in [7, 11) is 0. The van der Waals surface area contributed by atoms with Crippen molar-refractivity contribution in [3.8, 4) is 5.75 Å². The molecule has 10 heteroatoms. The molecule has 0 aromatic heterocycles. The molecule has 1 saturated heterocycles. The van der Waals surface area contributed by atoms with Gasteiger partial charge in [0, 0.05) is 5.02 Å². The molecule has 0 unspecified atom stereocenters. The van der Waals surface area contributed by atoms with Gasteiger partial charge in [-0.3, -0.25) is 4.79 Å². The SMILES string of the molecule is O=C(O)c1ccc(COc2c(I)cc(/C=C3/NC(=O)N(c4cccc(Cl)c4)C3=O)cc2I)cc1. The maximum Gasteiger partial charge on any atom is 0.335 e. The van der Waals surface area contributed by atoms with E-state index in [4.69, 9.17) is 21.4 Å². The van der Waals surface area contributed by atoms with Crippen LogP contribution < -0.4 is 15.0 Å². The summed E-state index contributed by atoms with van der Waals surface area (Å²) in [5, 5.41) is 12.0. The van der Waals surface area contributed by atoms with Crippen LogP contribution in [0.3, 0.4) is 0 Å². The molecule has 0 spiro atoms. The number of amides is 3. The van der Waals surface area contributed by atoms with Crippen molar-refractivity contribution in [3.63, 3.8) is 0 Å². The number of hydrogen-bond donors (Lipinski definition) is 2. The number of carbonyl (C=O) groups is 3. The third-order valence-electron chi connectivity index (χ3n) is 4.86. The zero-order valence-corrected chi connectivity index (χ0v) is 22.3. The number of carbonyl (C=O) groups excluding carboxylic acids is 2. The second-order valence-electron chi connectivity index (χ2n) is 7.21. The summed E-state index contributed by atoms with van der Waals surface area (Å²) in [5.41, 5.74) is 2.32. The number of rotatable bonds is 6. The highest BCUT2D eigenvalue weighted by molar-refractivity contribution is 14.1. The molecule has 0 bridgehead atoms. The Morgan fingerprint density at radius 2 is 1.74 bits per heavy atom. The van der Waals surface area contributed by atoms with Crippen LogP contribution in [0.1, 0.15) is 21.5 Å². The van der Waals surface area contributed by atoms with Crippen LogP contribution in [0.5, 0.6) is 5.75 Å². The molecule has 0 atom stereocenters. The van der Waals surface area contributed by atoms with Crippen LogP contribution in [0.4, 0.5) is 10.5 Å². The molecule has 1 aliphatic rings. The van der Waals surface area contributed by atoms with Crippen LogP contribution in [0, 0.1) is 7.14 Å². The normalized spacial score (nSPS) is 14.4. The number of anilines is 1. The van der Waals surface area contributed by atoms with Crippen molar-refractivity contribution in [2.75, 3.05) is 4.90 Å². The highest BCUT2D eigenvalue weighted by Gasteiger charge is 2.35. The van der Waals surface area contributed by atoms with Gasteiger partial charge in [-0.15, -0.1) is 0 Å². The van der Waals surface area contributed by atoms with E-state index in [0.29, 0.717) is 16.5 Å². The van der Waals surface area contributed by atoms with Gasteiger partial charge in [0.2, 0.25) is 0 Å². The number of halogens is 3. The van der Waals surface area contributed by atoms with E-state index in [1.165, 1.54) is 12.1 Å². The number of nitrogens with zero attached hydrogens (tertiary/aromatic N) is 1. The highest BCUT2D eigenvalue weighted by atomic mass is 127. The van der Waals surface area contributed by atoms with Gasteiger partial charge in [-0.1, -0.05) is 29.8 Å². The lowest BCUT2D eigenvalue weighted by Gasteiger charge is -2.12. The number of hydrogen-bond acceptors (Lipinski definition) is 4. The third-order valence-corrected chi connectivity index (χ3v) is 6.70. The molecule has 3 amide bonds. The van der Waals surface area contributed by atoms with Gasteiger partial charge < -0.3 is 15.2 Å². The van der Waals surface area contributed by atoms with E-state index in [-0.39, 0.29) is 17.9 Å². The summed E-state index contributed by atoms with van der Waals surface area (Å²) >= 11 is 10.3. The number of carboxylic acids is 1. The van der Waals surface area contributed by atoms with E-state index in [1.54, 1.807) is 42.5 Å². The number of carboxylic acid groups (broad SMARTS) is 1. The van der Waals surface area contributed by atoms with Gasteiger partial charge in [-0.05, 0) is 105 Å². The van der Waals surface area contributed by atoms with Crippen molar-refractivity contribution in [1.82, 2.24) is 5.32 Å². The average Bonchev–Trinajstić information content (AvgIpc) is 3.06. The maximum atomic E-state index is 12.9. The van der Waals surface area contributed by atoms with Gasteiger partial charge in [0.25, 0.3) is 5.91 Å². The van der Waals surface area contributed by atoms with Crippen molar-refractivity contribution >= 4 is 86.5 Å². The van der Waals surface area contributed by atoms with E-state index >= 15 is 0 Å². The molecule has 34 heavy (non-hydrogen) atoms. The Kier molecular flexibility index (Phi) is 7.43. The number of aromatic carboxylic acids is 1. The number of benzene rings is 3. The Balaban J connectivity index is 1.52. The zero-order valence-electron chi connectivity index (χ0n) is 17.2. The molecule has 3 aromatic rings. The lowest BCUT2D eigenvalue weighted by molar-refractivity contribution is -0.113. The molecule has 7 nitrogen and oxygen atoms in total. The topological polar surface area (TPSA) is 95.9 Å². The highest BCUT2D eigenvalue weighted by Crippen LogP contribution is 2.31. The largest absolute Gasteiger partial charge is 0.487 e. The molecule has 0 aliphatic carbocycles. The molecule has 4 rings (SSSR count). The van der Waals surface area contributed by atoms with Gasteiger partial charge in [-0.2, -0.15) is 0 Å². The third kappa shape index (κ3) is 5.36. The first-order chi connectivity index (χ1) is 16.2. The Hall–Kier alpha value is -2.64. The summed E-state index contributed by atoms with van der Waals surface area (Å²) < 4.78 is 7.61. The summed E-state index contributed by atoms with van der Waals surface area (Å²) in [6.07, 6.45) is 1.61. The van der Waals surface area contributed by atoms with Gasteiger partial charge in [0.15, 0.2) is 0 Å². The number of imide groups is 1. The second kappa shape index (κ2) is 10.3. The molecule has 1 fully saturated rings. The molecule has 0 radical (unpaired) electrons. The quantitative estimate of drug-likeness (QED) is 0.189. The average molecular weight is 701 g/mol. The first-order valence-electron chi connectivity index (χ1n) is 9.79. The minimum absolute atomic E-state index is 0.156. The van der Waals surface area contributed by atoms with Gasteiger partial charge >= 0.3 is 12.0 Å². The fraction of sp³-hybridized carbons (Fsp3) is 0.0417. The molecule has 2 N–H and O–H groups in total. The summed E-state index contributed by atoms with van der Waals surface area (Å²) in [4.78, 5) is 37.3. The predicted octanol–water partition coefficient (Wildman–Crippen LogP) is 5.92. The molecule has 3 aromatic carbocycles. The predicted molar refractivity (Wildman–Crippen MR) is 145 cm³/mol. The Morgan fingerprint density at radius 1 is 1.06 bits per heavy atom. The molecular formula is C24H15ClI2N2O5. The smallest absolute Gasteiger partial charge is 0.335 e. The molecule has 0 saturated carbocycles. The monoisotopic (exact) mass is 700 g/mol.